The molecule has 0 aliphatic heterocycles. The minimum atomic E-state index is 0.0139. The van der Waals surface area contributed by atoms with Crippen LogP contribution in [0.4, 0.5) is 0 Å². The van der Waals surface area contributed by atoms with Gasteiger partial charge in [0.1, 0.15) is 20.8 Å². The number of aryl methyl sites for hydroxylation is 1. The van der Waals surface area contributed by atoms with E-state index in [1.165, 1.54) is 0 Å². The summed E-state index contributed by atoms with van der Waals surface area (Å²) < 4.78 is 0.859. The van der Waals surface area contributed by atoms with Crippen LogP contribution in [0.15, 0.2) is 34.2 Å². The summed E-state index contributed by atoms with van der Waals surface area (Å²) in [5, 5.41) is 26.3. The van der Waals surface area contributed by atoms with Crippen molar-refractivity contribution in [3.05, 3.63) is 55.1 Å². The number of hydrogen-bond acceptors (Lipinski definition) is 8. The molecule has 3 heterocycles. The minimum Gasteiger partial charge on any atom is -0.262 e. The zero-order valence-corrected chi connectivity index (χ0v) is 25.5. The summed E-state index contributed by atoms with van der Waals surface area (Å²) in [5.74, 6) is 1.68. The first-order valence-corrected chi connectivity index (χ1v) is 13.8. The second kappa shape index (κ2) is 11.8. The van der Waals surface area contributed by atoms with Crippen molar-refractivity contribution in [2.24, 2.45) is 0 Å². The maximum atomic E-state index is 4.49. The SMILES string of the molecule is CC(C)(C)c1nc(-c2ccccc2)n[nH]1.CC(C)(C)c1nnc(Br)s1.Cc1nnc(C(C)(C)C)s1. The van der Waals surface area contributed by atoms with E-state index < -0.39 is 0 Å². The highest BCUT2D eigenvalue weighted by atomic mass is 79.9. The Balaban J connectivity index is 0.000000192. The van der Waals surface area contributed by atoms with Gasteiger partial charge in [0.25, 0.3) is 0 Å². The van der Waals surface area contributed by atoms with Crippen LogP contribution in [0.2, 0.25) is 0 Å². The Morgan fingerprint density at radius 3 is 1.60 bits per heavy atom. The molecule has 0 fully saturated rings. The van der Waals surface area contributed by atoms with Crippen molar-refractivity contribution < 1.29 is 0 Å². The van der Waals surface area contributed by atoms with Crippen LogP contribution < -0.4 is 0 Å². The first kappa shape index (κ1) is 29.2. The van der Waals surface area contributed by atoms with E-state index >= 15 is 0 Å². The van der Waals surface area contributed by atoms with Crippen LogP contribution in [0.3, 0.4) is 0 Å². The molecule has 4 rings (SSSR count). The molecule has 10 heteroatoms. The van der Waals surface area contributed by atoms with E-state index in [1.807, 2.05) is 37.3 Å². The number of nitrogens with one attached hydrogen (secondary N) is 1. The average molecular weight is 579 g/mol. The highest BCUT2D eigenvalue weighted by Gasteiger charge is 2.20. The number of aromatic amines is 1. The van der Waals surface area contributed by atoms with Crippen LogP contribution in [-0.2, 0) is 16.2 Å². The molecule has 0 aliphatic rings. The van der Waals surface area contributed by atoms with E-state index in [-0.39, 0.29) is 16.2 Å². The Bertz CT molecular complexity index is 1130. The first-order valence-electron chi connectivity index (χ1n) is 11.4. The molecule has 7 nitrogen and oxygen atoms in total. The van der Waals surface area contributed by atoms with Gasteiger partial charge in [0, 0.05) is 21.8 Å². The number of H-pyrrole nitrogens is 1. The third-order valence-corrected chi connectivity index (χ3v) is 7.48. The molecule has 0 aliphatic carbocycles. The van der Waals surface area contributed by atoms with Gasteiger partial charge in [-0.3, -0.25) is 5.10 Å². The molecule has 35 heavy (non-hydrogen) atoms. The van der Waals surface area contributed by atoms with Gasteiger partial charge in [-0.1, -0.05) is 104 Å². The van der Waals surface area contributed by atoms with Gasteiger partial charge in [0.05, 0.1) is 0 Å². The van der Waals surface area contributed by atoms with Crippen molar-refractivity contribution in [3.63, 3.8) is 0 Å². The fourth-order valence-corrected chi connectivity index (χ4v) is 4.34. The molecule has 1 N–H and O–H groups in total. The van der Waals surface area contributed by atoms with E-state index in [0.29, 0.717) is 0 Å². The molecule has 4 aromatic rings. The second-order valence-corrected chi connectivity index (χ2v) is 14.5. The number of hydrogen-bond donors (Lipinski definition) is 1. The Morgan fingerprint density at radius 1 is 0.714 bits per heavy atom. The van der Waals surface area contributed by atoms with Gasteiger partial charge in [-0.05, 0) is 22.9 Å². The normalized spacial score (nSPS) is 11.9. The molecule has 190 valence electrons. The summed E-state index contributed by atoms with van der Waals surface area (Å²) in [6.45, 7) is 21.1. The number of aromatic nitrogens is 7. The van der Waals surface area contributed by atoms with E-state index in [4.69, 9.17) is 0 Å². The molecule has 0 amide bonds. The van der Waals surface area contributed by atoms with Crippen molar-refractivity contribution in [3.8, 4) is 11.4 Å². The predicted molar refractivity (Wildman–Crippen MR) is 150 cm³/mol. The largest absolute Gasteiger partial charge is 0.262 e. The fourth-order valence-electron chi connectivity index (χ4n) is 2.42. The van der Waals surface area contributed by atoms with Crippen LogP contribution in [0.25, 0.3) is 11.4 Å². The topological polar surface area (TPSA) is 93.1 Å². The highest BCUT2D eigenvalue weighted by molar-refractivity contribution is 9.11. The molecule has 0 unspecified atom stereocenters. The van der Waals surface area contributed by atoms with Gasteiger partial charge in [0.2, 0.25) is 0 Å². The number of halogens is 1. The second-order valence-electron chi connectivity index (χ2n) is 11.1. The monoisotopic (exact) mass is 577 g/mol. The minimum absolute atomic E-state index is 0.0139. The molecule has 0 saturated heterocycles. The van der Waals surface area contributed by atoms with Crippen molar-refractivity contribution >= 4 is 38.6 Å². The molecular weight excluding hydrogens is 542 g/mol. The fraction of sp³-hybridized carbons (Fsp3) is 0.520. The van der Waals surface area contributed by atoms with E-state index in [9.17, 15) is 0 Å². The Kier molecular flexibility index (Phi) is 9.84. The maximum absolute atomic E-state index is 4.49. The molecule has 0 bridgehead atoms. The summed E-state index contributed by atoms with van der Waals surface area (Å²) in [6.07, 6.45) is 0. The lowest BCUT2D eigenvalue weighted by Crippen LogP contribution is -2.13. The van der Waals surface area contributed by atoms with Gasteiger partial charge >= 0.3 is 0 Å². The lowest BCUT2D eigenvalue weighted by molar-refractivity contribution is 0.548. The predicted octanol–water partition coefficient (Wildman–Crippen LogP) is 7.51. The third kappa shape index (κ3) is 9.50. The number of nitrogens with zero attached hydrogens (tertiary/aromatic N) is 6. The van der Waals surface area contributed by atoms with E-state index in [2.05, 4.69) is 114 Å². The summed E-state index contributed by atoms with van der Waals surface area (Å²) in [6, 6.07) is 9.98. The van der Waals surface area contributed by atoms with Crippen LogP contribution in [0, 0.1) is 6.92 Å². The van der Waals surface area contributed by atoms with Gasteiger partial charge in [0.15, 0.2) is 9.74 Å². The first-order chi connectivity index (χ1) is 16.1. The molecule has 0 saturated carbocycles. The van der Waals surface area contributed by atoms with Gasteiger partial charge in [-0.15, -0.1) is 31.7 Å². The number of benzene rings is 1. The van der Waals surface area contributed by atoms with Crippen molar-refractivity contribution in [2.45, 2.75) is 85.5 Å². The Morgan fingerprint density at radius 2 is 1.26 bits per heavy atom. The summed E-state index contributed by atoms with van der Waals surface area (Å²) in [5.41, 5.74) is 1.35. The number of rotatable bonds is 1. The molecule has 0 spiro atoms. The van der Waals surface area contributed by atoms with Crippen LogP contribution in [-0.4, -0.2) is 35.6 Å². The molecular formula is C25H36BrN7S2. The van der Waals surface area contributed by atoms with Crippen LogP contribution in [0.1, 0.15) is 83.2 Å². The van der Waals surface area contributed by atoms with Gasteiger partial charge < -0.3 is 0 Å². The average Bonchev–Trinajstić information content (AvgIpc) is 3.48. The zero-order chi connectivity index (χ0) is 26.4. The summed E-state index contributed by atoms with van der Waals surface area (Å²) in [4.78, 5) is 4.49. The lowest BCUT2D eigenvalue weighted by atomic mass is 9.96. The van der Waals surface area contributed by atoms with Crippen molar-refractivity contribution in [2.75, 3.05) is 0 Å². The molecule has 1 aromatic carbocycles. The maximum Gasteiger partial charge on any atom is 0.183 e. The molecule has 0 atom stereocenters. The molecule has 3 aromatic heterocycles. The highest BCUT2D eigenvalue weighted by Crippen LogP contribution is 2.27. The van der Waals surface area contributed by atoms with E-state index in [0.717, 1.165) is 36.2 Å². The summed E-state index contributed by atoms with van der Waals surface area (Å²) >= 11 is 6.53. The molecule has 0 radical (unpaired) electrons. The third-order valence-electron chi connectivity index (χ3n) is 4.44. The van der Waals surface area contributed by atoms with Gasteiger partial charge in [-0.25, -0.2) is 4.98 Å². The van der Waals surface area contributed by atoms with Crippen molar-refractivity contribution in [1.29, 1.82) is 0 Å². The smallest absolute Gasteiger partial charge is 0.183 e. The van der Waals surface area contributed by atoms with Crippen molar-refractivity contribution in [1.82, 2.24) is 35.6 Å². The Labute approximate surface area is 225 Å². The van der Waals surface area contributed by atoms with Gasteiger partial charge in [-0.2, -0.15) is 5.10 Å². The standard InChI is InChI=1S/C12H15N3.C7H12N2S.C6H9BrN2S/c1-12(2,3)11-13-10(14-15-11)9-7-5-4-6-8-9;1-5-8-9-6(10-5)7(2,3)4;1-6(2,3)4-8-9-5(7)10-4/h4-8H,1-3H3,(H,13,14,15);1-4H3;1-3H3. The quantitative estimate of drug-likeness (QED) is 0.251. The van der Waals surface area contributed by atoms with Crippen LogP contribution in [0.5, 0.6) is 0 Å². The van der Waals surface area contributed by atoms with E-state index in [1.54, 1.807) is 22.7 Å². The lowest BCUT2D eigenvalue weighted by Gasteiger charge is -2.12. The van der Waals surface area contributed by atoms with Crippen LogP contribution >= 0.6 is 38.6 Å². The summed E-state index contributed by atoms with van der Waals surface area (Å²) in [7, 11) is 0. The Hall–Kier alpha value is -2.04. The zero-order valence-electron chi connectivity index (χ0n) is 22.3.